The first-order valence-corrected chi connectivity index (χ1v) is 5.31. The molecule has 17 heavy (non-hydrogen) atoms. The zero-order valence-corrected chi connectivity index (χ0v) is 10.2. The molecule has 0 spiro atoms. The van der Waals surface area contributed by atoms with E-state index in [1.54, 1.807) is 0 Å². The summed E-state index contributed by atoms with van der Waals surface area (Å²) in [7, 11) is 0. The number of carbonyl (C=O) groups is 1. The Labute approximate surface area is 100 Å². The van der Waals surface area contributed by atoms with Crippen LogP contribution in [0.25, 0.3) is 0 Å². The van der Waals surface area contributed by atoms with Crippen molar-refractivity contribution in [3.8, 4) is 6.07 Å². The fraction of sp³-hybridized carbons (Fsp3) is 0.385. The third-order valence-corrected chi connectivity index (χ3v) is 2.06. The van der Waals surface area contributed by atoms with Gasteiger partial charge in [-0.15, -0.1) is 0 Å². The maximum atomic E-state index is 13.5. The largest absolute Gasteiger partial charge is 0.324 e. The molecule has 1 aromatic carbocycles. The van der Waals surface area contributed by atoms with E-state index in [1.165, 1.54) is 12.1 Å². The van der Waals surface area contributed by atoms with Crippen LogP contribution < -0.4 is 5.32 Å². The summed E-state index contributed by atoms with van der Waals surface area (Å²) in [4.78, 5) is 11.6. The second-order valence-corrected chi connectivity index (χ2v) is 5.09. The van der Waals surface area contributed by atoms with E-state index >= 15 is 0 Å². The predicted molar refractivity (Wildman–Crippen MR) is 63.8 cm³/mol. The van der Waals surface area contributed by atoms with Crippen molar-refractivity contribution in [2.24, 2.45) is 5.41 Å². The Bertz CT molecular complexity index is 469. The molecule has 4 heteroatoms. The number of benzene rings is 1. The number of hydrogen-bond donors (Lipinski definition) is 1. The summed E-state index contributed by atoms with van der Waals surface area (Å²) >= 11 is 0. The Morgan fingerprint density at radius 1 is 1.47 bits per heavy atom. The average Bonchev–Trinajstić information content (AvgIpc) is 2.18. The molecule has 1 amide bonds. The van der Waals surface area contributed by atoms with Gasteiger partial charge >= 0.3 is 0 Å². The van der Waals surface area contributed by atoms with Crippen LogP contribution in [0.1, 0.15) is 32.8 Å². The van der Waals surface area contributed by atoms with Gasteiger partial charge in [-0.3, -0.25) is 4.79 Å². The Morgan fingerprint density at radius 2 is 2.12 bits per heavy atom. The van der Waals surface area contributed by atoms with E-state index in [0.717, 1.165) is 6.07 Å². The highest BCUT2D eigenvalue weighted by molar-refractivity contribution is 5.91. The van der Waals surface area contributed by atoms with Crippen LogP contribution in [0.2, 0.25) is 0 Å². The minimum absolute atomic E-state index is 0.109. The number of nitrogens with zero attached hydrogens (tertiary/aromatic N) is 1. The number of amides is 1. The molecular weight excluding hydrogens is 219 g/mol. The number of anilines is 1. The number of hydrogen-bond acceptors (Lipinski definition) is 2. The highest BCUT2D eigenvalue weighted by atomic mass is 19.1. The summed E-state index contributed by atoms with van der Waals surface area (Å²) in [5, 5.41) is 11.1. The number of carbonyl (C=O) groups excluding carboxylic acids is 1. The lowest BCUT2D eigenvalue weighted by Gasteiger charge is -2.17. The van der Waals surface area contributed by atoms with Crippen LogP contribution in [0.3, 0.4) is 0 Å². The molecule has 0 bridgehead atoms. The van der Waals surface area contributed by atoms with E-state index in [1.807, 2.05) is 26.8 Å². The third-order valence-electron chi connectivity index (χ3n) is 2.06. The predicted octanol–water partition coefficient (Wildman–Crippen LogP) is 3.07. The first kappa shape index (κ1) is 13.2. The monoisotopic (exact) mass is 234 g/mol. The van der Waals surface area contributed by atoms with Gasteiger partial charge in [-0.25, -0.2) is 4.39 Å². The molecule has 0 saturated carbocycles. The molecule has 0 unspecified atom stereocenters. The summed E-state index contributed by atoms with van der Waals surface area (Å²) in [5.41, 5.74) is 0.197. The van der Waals surface area contributed by atoms with Gasteiger partial charge in [0.2, 0.25) is 5.91 Å². The van der Waals surface area contributed by atoms with Crippen LogP contribution in [0.15, 0.2) is 18.2 Å². The quantitative estimate of drug-likeness (QED) is 0.854. The van der Waals surface area contributed by atoms with Crippen LogP contribution in [-0.2, 0) is 4.79 Å². The van der Waals surface area contributed by atoms with Gasteiger partial charge in [0.15, 0.2) is 0 Å². The Morgan fingerprint density at radius 3 is 2.59 bits per heavy atom. The molecule has 0 fully saturated rings. The number of nitriles is 1. The fourth-order valence-electron chi connectivity index (χ4n) is 1.36. The molecule has 90 valence electrons. The number of rotatable bonds is 2. The van der Waals surface area contributed by atoms with Gasteiger partial charge in [-0.05, 0) is 23.6 Å². The zero-order valence-electron chi connectivity index (χ0n) is 10.2. The van der Waals surface area contributed by atoms with Crippen LogP contribution in [0.4, 0.5) is 10.1 Å². The lowest BCUT2D eigenvalue weighted by atomic mass is 9.92. The maximum absolute atomic E-state index is 13.5. The highest BCUT2D eigenvalue weighted by Crippen LogP contribution is 2.21. The Kier molecular flexibility index (Phi) is 3.84. The minimum atomic E-state index is -0.591. The fourth-order valence-corrected chi connectivity index (χ4v) is 1.36. The normalized spacial score (nSPS) is 10.8. The molecule has 0 aliphatic rings. The summed E-state index contributed by atoms with van der Waals surface area (Å²) in [6, 6.07) is 5.80. The molecule has 0 saturated heterocycles. The van der Waals surface area contributed by atoms with Gasteiger partial charge in [-0.1, -0.05) is 20.8 Å². The molecule has 0 radical (unpaired) electrons. The summed E-state index contributed by atoms with van der Waals surface area (Å²) in [6.45, 7) is 5.80. The van der Waals surface area contributed by atoms with Crippen molar-refractivity contribution in [2.75, 3.05) is 5.32 Å². The van der Waals surface area contributed by atoms with Crippen molar-refractivity contribution in [3.05, 3.63) is 29.6 Å². The Hall–Kier alpha value is -1.89. The molecule has 1 N–H and O–H groups in total. The van der Waals surface area contributed by atoms with E-state index in [2.05, 4.69) is 5.32 Å². The van der Waals surface area contributed by atoms with Gasteiger partial charge < -0.3 is 5.32 Å². The van der Waals surface area contributed by atoms with Gasteiger partial charge in [0.25, 0.3) is 0 Å². The summed E-state index contributed by atoms with van der Waals surface area (Å²) in [6.07, 6.45) is 0.312. The van der Waals surface area contributed by atoms with E-state index in [-0.39, 0.29) is 22.6 Å². The second-order valence-electron chi connectivity index (χ2n) is 5.09. The van der Waals surface area contributed by atoms with Crippen molar-refractivity contribution >= 4 is 11.6 Å². The first-order chi connectivity index (χ1) is 7.81. The molecule has 3 nitrogen and oxygen atoms in total. The molecule has 0 atom stereocenters. The van der Waals surface area contributed by atoms with Crippen LogP contribution in [0.5, 0.6) is 0 Å². The molecular formula is C13H15FN2O. The van der Waals surface area contributed by atoms with Gasteiger partial charge in [0.1, 0.15) is 5.82 Å². The van der Waals surface area contributed by atoms with Crippen LogP contribution in [0, 0.1) is 22.6 Å². The van der Waals surface area contributed by atoms with Gasteiger partial charge in [0, 0.05) is 6.42 Å². The van der Waals surface area contributed by atoms with Crippen molar-refractivity contribution in [1.29, 1.82) is 5.26 Å². The summed E-state index contributed by atoms with van der Waals surface area (Å²) in [5.74, 6) is -0.826. The van der Waals surface area contributed by atoms with Gasteiger partial charge in [-0.2, -0.15) is 5.26 Å². The molecule has 0 heterocycles. The highest BCUT2D eigenvalue weighted by Gasteiger charge is 2.17. The smallest absolute Gasteiger partial charge is 0.224 e. The SMILES string of the molecule is CC(C)(C)CC(=O)Nc1ccc(C#N)cc1F. The lowest BCUT2D eigenvalue weighted by molar-refractivity contribution is -0.117. The van der Waals surface area contributed by atoms with Crippen LogP contribution >= 0.6 is 0 Å². The molecule has 0 aliphatic heterocycles. The molecule has 1 aromatic rings. The van der Waals surface area contributed by atoms with Crippen molar-refractivity contribution in [2.45, 2.75) is 27.2 Å². The van der Waals surface area contributed by atoms with Crippen molar-refractivity contribution in [3.63, 3.8) is 0 Å². The topological polar surface area (TPSA) is 52.9 Å². The zero-order chi connectivity index (χ0) is 13.1. The van der Waals surface area contributed by atoms with E-state index in [4.69, 9.17) is 5.26 Å². The number of nitrogens with one attached hydrogen (secondary N) is 1. The standard InChI is InChI=1S/C13H15FN2O/c1-13(2,3)7-12(17)16-11-5-4-9(8-15)6-10(11)14/h4-6H,7H2,1-3H3,(H,16,17). The van der Waals surface area contributed by atoms with Crippen molar-refractivity contribution < 1.29 is 9.18 Å². The molecule has 0 aliphatic carbocycles. The molecule has 1 rings (SSSR count). The minimum Gasteiger partial charge on any atom is -0.324 e. The maximum Gasteiger partial charge on any atom is 0.224 e. The van der Waals surface area contributed by atoms with E-state index in [9.17, 15) is 9.18 Å². The van der Waals surface area contributed by atoms with Crippen molar-refractivity contribution in [1.82, 2.24) is 0 Å². The lowest BCUT2D eigenvalue weighted by Crippen LogP contribution is -2.20. The third kappa shape index (κ3) is 4.23. The first-order valence-electron chi connectivity index (χ1n) is 5.31. The average molecular weight is 234 g/mol. The number of halogens is 1. The molecule has 0 aromatic heterocycles. The van der Waals surface area contributed by atoms with Crippen LogP contribution in [-0.4, -0.2) is 5.91 Å². The summed E-state index contributed by atoms with van der Waals surface area (Å²) < 4.78 is 13.5. The van der Waals surface area contributed by atoms with Gasteiger partial charge in [0.05, 0.1) is 17.3 Å². The van der Waals surface area contributed by atoms with E-state index < -0.39 is 5.82 Å². The van der Waals surface area contributed by atoms with E-state index in [0.29, 0.717) is 6.42 Å². The second kappa shape index (κ2) is 4.96. The Balaban J connectivity index is 2.76.